The molecule has 0 unspecified atom stereocenters. The summed E-state index contributed by atoms with van der Waals surface area (Å²) in [6, 6.07) is 1.65. The van der Waals surface area contributed by atoms with Gasteiger partial charge in [0.1, 0.15) is 5.57 Å². The van der Waals surface area contributed by atoms with Crippen LogP contribution in [-0.2, 0) is 19.1 Å². The molecule has 0 radical (unpaired) electrons. The normalized spacial score (nSPS) is 22.0. The summed E-state index contributed by atoms with van der Waals surface area (Å²) < 4.78 is 15.6. The van der Waals surface area contributed by atoms with Gasteiger partial charge in [0.25, 0.3) is 5.79 Å². The summed E-state index contributed by atoms with van der Waals surface area (Å²) in [5, 5.41) is 0. The molecule has 2 fully saturated rings. The molecular weight excluding hydrogens is 248 g/mol. The van der Waals surface area contributed by atoms with Crippen molar-refractivity contribution >= 4 is 18.0 Å². The van der Waals surface area contributed by atoms with Crippen LogP contribution in [0, 0.1) is 0 Å². The lowest BCUT2D eigenvalue weighted by Crippen LogP contribution is -2.47. The SMILES string of the molecule is O=C1OC2(CCCCC2)OC(=O)C1=Cc1ccoc1. The Morgan fingerprint density at radius 2 is 1.74 bits per heavy atom. The number of furan rings is 1. The Balaban J connectivity index is 1.84. The van der Waals surface area contributed by atoms with Crippen LogP contribution < -0.4 is 0 Å². The van der Waals surface area contributed by atoms with E-state index in [1.165, 1.54) is 18.6 Å². The van der Waals surface area contributed by atoms with Crippen molar-refractivity contribution in [1.29, 1.82) is 0 Å². The summed E-state index contributed by atoms with van der Waals surface area (Å²) in [6.07, 6.45) is 8.39. The van der Waals surface area contributed by atoms with E-state index in [1.54, 1.807) is 6.07 Å². The molecule has 5 heteroatoms. The Bertz CT molecular complexity index is 498. The van der Waals surface area contributed by atoms with Gasteiger partial charge in [0.2, 0.25) is 0 Å². The molecule has 100 valence electrons. The Morgan fingerprint density at radius 3 is 2.32 bits per heavy atom. The van der Waals surface area contributed by atoms with Crippen LogP contribution in [0.3, 0.4) is 0 Å². The largest absolute Gasteiger partial charge is 0.472 e. The predicted molar refractivity (Wildman–Crippen MR) is 64.7 cm³/mol. The van der Waals surface area contributed by atoms with E-state index in [0.717, 1.165) is 19.3 Å². The third-order valence-electron chi connectivity index (χ3n) is 3.47. The van der Waals surface area contributed by atoms with Crippen LogP contribution in [0.15, 0.2) is 28.6 Å². The molecule has 5 nitrogen and oxygen atoms in total. The van der Waals surface area contributed by atoms with Gasteiger partial charge in [0.05, 0.1) is 12.5 Å². The molecule has 0 N–H and O–H groups in total. The zero-order valence-electron chi connectivity index (χ0n) is 10.4. The van der Waals surface area contributed by atoms with E-state index in [9.17, 15) is 9.59 Å². The predicted octanol–water partition coefficient (Wildman–Crippen LogP) is 2.42. The van der Waals surface area contributed by atoms with E-state index in [4.69, 9.17) is 13.9 Å². The molecule has 1 aliphatic carbocycles. The summed E-state index contributed by atoms with van der Waals surface area (Å²) in [5.74, 6) is -2.25. The average Bonchev–Trinajstić information content (AvgIpc) is 2.88. The van der Waals surface area contributed by atoms with E-state index in [1.807, 2.05) is 0 Å². The minimum atomic E-state index is -1.03. The van der Waals surface area contributed by atoms with Crippen molar-refractivity contribution in [2.45, 2.75) is 37.9 Å². The van der Waals surface area contributed by atoms with Crippen molar-refractivity contribution in [1.82, 2.24) is 0 Å². The first-order valence-corrected chi connectivity index (χ1v) is 6.39. The number of carbonyl (C=O) groups excluding carboxylic acids is 2. The molecule has 3 rings (SSSR count). The summed E-state index contributed by atoms with van der Waals surface area (Å²) in [4.78, 5) is 24.0. The lowest BCUT2D eigenvalue weighted by Gasteiger charge is -2.38. The van der Waals surface area contributed by atoms with Crippen molar-refractivity contribution in [3.8, 4) is 0 Å². The van der Waals surface area contributed by atoms with Crippen molar-refractivity contribution in [2.75, 3.05) is 0 Å². The minimum Gasteiger partial charge on any atom is -0.472 e. The molecule has 1 aromatic heterocycles. The van der Waals surface area contributed by atoms with Gasteiger partial charge in [-0.1, -0.05) is 6.42 Å². The molecule has 2 aliphatic rings. The molecule has 0 bridgehead atoms. The lowest BCUT2D eigenvalue weighted by atomic mass is 9.93. The fourth-order valence-electron chi connectivity index (χ4n) is 2.49. The molecule has 1 saturated heterocycles. The first kappa shape index (κ1) is 12.0. The Hall–Kier alpha value is -2.04. The summed E-state index contributed by atoms with van der Waals surface area (Å²) in [7, 11) is 0. The maximum atomic E-state index is 12.0. The maximum absolute atomic E-state index is 12.0. The number of carbonyl (C=O) groups is 2. The van der Waals surface area contributed by atoms with Crippen LogP contribution in [-0.4, -0.2) is 17.7 Å². The first-order chi connectivity index (χ1) is 9.19. The third kappa shape index (κ3) is 2.28. The number of ether oxygens (including phenoxy) is 2. The number of hydrogen-bond donors (Lipinski definition) is 0. The van der Waals surface area contributed by atoms with Crippen LogP contribution in [0.5, 0.6) is 0 Å². The zero-order valence-corrected chi connectivity index (χ0v) is 10.4. The number of esters is 2. The van der Waals surface area contributed by atoms with Crippen molar-refractivity contribution in [3.05, 3.63) is 29.7 Å². The van der Waals surface area contributed by atoms with Gasteiger partial charge in [0, 0.05) is 18.4 Å². The van der Waals surface area contributed by atoms with Crippen molar-refractivity contribution < 1.29 is 23.5 Å². The van der Waals surface area contributed by atoms with Crippen molar-refractivity contribution in [2.24, 2.45) is 0 Å². The van der Waals surface area contributed by atoms with Crippen LogP contribution in [0.25, 0.3) is 6.08 Å². The highest BCUT2D eigenvalue weighted by Crippen LogP contribution is 2.37. The van der Waals surface area contributed by atoms with Gasteiger partial charge >= 0.3 is 11.9 Å². The Labute approximate surface area is 110 Å². The topological polar surface area (TPSA) is 65.7 Å². The van der Waals surface area contributed by atoms with Gasteiger partial charge in [-0.05, 0) is 25.0 Å². The van der Waals surface area contributed by atoms with Gasteiger partial charge in [-0.15, -0.1) is 0 Å². The fraction of sp³-hybridized carbons (Fsp3) is 0.429. The Kier molecular flexibility index (Phi) is 2.89. The van der Waals surface area contributed by atoms with Gasteiger partial charge < -0.3 is 13.9 Å². The monoisotopic (exact) mass is 262 g/mol. The fourth-order valence-corrected chi connectivity index (χ4v) is 2.49. The van der Waals surface area contributed by atoms with E-state index in [0.29, 0.717) is 18.4 Å². The molecular formula is C14H14O5. The minimum absolute atomic E-state index is 0.0856. The van der Waals surface area contributed by atoms with E-state index >= 15 is 0 Å². The van der Waals surface area contributed by atoms with Gasteiger partial charge in [-0.25, -0.2) is 9.59 Å². The van der Waals surface area contributed by atoms with E-state index < -0.39 is 17.7 Å². The molecule has 0 atom stereocenters. The van der Waals surface area contributed by atoms with Crippen LogP contribution >= 0.6 is 0 Å². The van der Waals surface area contributed by atoms with E-state index in [2.05, 4.69) is 0 Å². The smallest absolute Gasteiger partial charge is 0.348 e. The van der Waals surface area contributed by atoms with Crippen LogP contribution in [0.4, 0.5) is 0 Å². The van der Waals surface area contributed by atoms with Crippen LogP contribution in [0.1, 0.15) is 37.7 Å². The molecule has 1 aromatic rings. The number of rotatable bonds is 1. The molecule has 19 heavy (non-hydrogen) atoms. The molecule has 0 amide bonds. The Morgan fingerprint density at radius 1 is 1.05 bits per heavy atom. The molecule has 0 aromatic carbocycles. The van der Waals surface area contributed by atoms with Crippen LogP contribution in [0.2, 0.25) is 0 Å². The van der Waals surface area contributed by atoms with Gasteiger partial charge in [-0.2, -0.15) is 0 Å². The highest BCUT2D eigenvalue weighted by atomic mass is 16.7. The van der Waals surface area contributed by atoms with Gasteiger partial charge in [-0.3, -0.25) is 0 Å². The van der Waals surface area contributed by atoms with Gasteiger partial charge in [0.15, 0.2) is 0 Å². The summed E-state index contributed by atoms with van der Waals surface area (Å²) >= 11 is 0. The molecule has 1 aliphatic heterocycles. The third-order valence-corrected chi connectivity index (χ3v) is 3.47. The second kappa shape index (κ2) is 4.57. The summed E-state index contributed by atoms with van der Waals surface area (Å²) in [6.45, 7) is 0. The highest BCUT2D eigenvalue weighted by Gasteiger charge is 2.46. The van der Waals surface area contributed by atoms with E-state index in [-0.39, 0.29) is 5.57 Å². The maximum Gasteiger partial charge on any atom is 0.348 e. The highest BCUT2D eigenvalue weighted by molar-refractivity contribution is 6.18. The zero-order chi connectivity index (χ0) is 13.3. The number of hydrogen-bond acceptors (Lipinski definition) is 5. The quantitative estimate of drug-likeness (QED) is 0.442. The second-order valence-corrected chi connectivity index (χ2v) is 4.87. The standard InChI is InChI=1S/C14H14O5/c15-12-11(8-10-4-7-17-9-10)13(16)19-14(18-12)5-2-1-3-6-14/h4,7-9H,1-3,5-6H2. The molecule has 2 heterocycles. The average molecular weight is 262 g/mol. The lowest BCUT2D eigenvalue weighted by molar-refractivity contribution is -0.244. The first-order valence-electron chi connectivity index (χ1n) is 6.39. The second-order valence-electron chi connectivity index (χ2n) is 4.87. The molecule has 1 spiro atoms. The molecule has 1 saturated carbocycles. The summed E-state index contributed by atoms with van der Waals surface area (Å²) in [5.41, 5.74) is 0.543. The van der Waals surface area contributed by atoms with Crippen molar-refractivity contribution in [3.63, 3.8) is 0 Å².